The third kappa shape index (κ3) is 4.64. The summed E-state index contributed by atoms with van der Waals surface area (Å²) in [6.45, 7) is 7.09. The monoisotopic (exact) mass is 299 g/mol. The van der Waals surface area contributed by atoms with Crippen LogP contribution in [0.5, 0.6) is 0 Å². The third-order valence-electron chi connectivity index (χ3n) is 4.97. The zero-order valence-electron chi connectivity index (χ0n) is 13.5. The standard InChI is InChI=1S/C17H33NOS/c1-13(2)18-17(12-19)9-5-8-16(11-17)20-15-7-4-6-14(3)10-15/h13-16,18-19H,4-12H2,1-3H3. The summed E-state index contributed by atoms with van der Waals surface area (Å²) in [4.78, 5) is 0. The molecule has 3 heteroatoms. The molecule has 20 heavy (non-hydrogen) atoms. The maximum absolute atomic E-state index is 9.88. The maximum Gasteiger partial charge on any atom is 0.0613 e. The summed E-state index contributed by atoms with van der Waals surface area (Å²) in [5, 5.41) is 15.2. The largest absolute Gasteiger partial charge is 0.394 e. The van der Waals surface area contributed by atoms with Crippen LogP contribution in [-0.2, 0) is 0 Å². The van der Waals surface area contributed by atoms with Gasteiger partial charge in [-0.25, -0.2) is 0 Å². The molecular weight excluding hydrogens is 266 g/mol. The van der Waals surface area contributed by atoms with Crippen LogP contribution in [0.3, 0.4) is 0 Å². The lowest BCUT2D eigenvalue weighted by Crippen LogP contribution is -2.54. The number of aliphatic hydroxyl groups excluding tert-OH is 1. The Labute approximate surface area is 129 Å². The summed E-state index contributed by atoms with van der Waals surface area (Å²) in [6, 6.07) is 0.459. The van der Waals surface area contributed by atoms with Gasteiger partial charge in [0, 0.05) is 22.1 Å². The van der Waals surface area contributed by atoms with Gasteiger partial charge in [-0.2, -0.15) is 11.8 Å². The molecule has 0 aliphatic heterocycles. The molecule has 4 atom stereocenters. The van der Waals surface area contributed by atoms with Crippen molar-refractivity contribution >= 4 is 11.8 Å². The van der Waals surface area contributed by atoms with Gasteiger partial charge < -0.3 is 10.4 Å². The summed E-state index contributed by atoms with van der Waals surface area (Å²) in [6.07, 6.45) is 10.6. The highest BCUT2D eigenvalue weighted by Gasteiger charge is 2.37. The van der Waals surface area contributed by atoms with Crippen LogP contribution in [0.1, 0.15) is 72.1 Å². The molecule has 2 nitrogen and oxygen atoms in total. The number of aliphatic hydroxyl groups is 1. The fourth-order valence-corrected chi connectivity index (χ4v) is 6.14. The first kappa shape index (κ1) is 16.6. The van der Waals surface area contributed by atoms with Crippen molar-refractivity contribution < 1.29 is 5.11 Å². The summed E-state index contributed by atoms with van der Waals surface area (Å²) in [7, 11) is 0. The first-order valence-electron chi connectivity index (χ1n) is 8.57. The average Bonchev–Trinajstić information content (AvgIpc) is 2.38. The molecule has 0 saturated heterocycles. The van der Waals surface area contributed by atoms with Crippen molar-refractivity contribution in [2.24, 2.45) is 5.92 Å². The van der Waals surface area contributed by atoms with Crippen molar-refractivity contribution in [3.8, 4) is 0 Å². The summed E-state index contributed by atoms with van der Waals surface area (Å²) in [5.74, 6) is 0.918. The molecule has 0 spiro atoms. The van der Waals surface area contributed by atoms with Gasteiger partial charge in [0.2, 0.25) is 0 Å². The van der Waals surface area contributed by atoms with Gasteiger partial charge in [0.25, 0.3) is 0 Å². The highest BCUT2D eigenvalue weighted by atomic mass is 32.2. The molecule has 0 aromatic rings. The number of thioether (sulfide) groups is 1. The minimum atomic E-state index is -0.00956. The normalized spacial score (nSPS) is 39.1. The topological polar surface area (TPSA) is 32.3 Å². The predicted octanol–water partition coefficient (Wildman–Crippen LogP) is 3.97. The van der Waals surface area contributed by atoms with Gasteiger partial charge in [-0.05, 0) is 38.0 Å². The second kappa shape index (κ2) is 7.51. The minimum Gasteiger partial charge on any atom is -0.394 e. The quantitative estimate of drug-likeness (QED) is 0.805. The molecule has 0 aromatic carbocycles. The van der Waals surface area contributed by atoms with E-state index < -0.39 is 0 Å². The smallest absolute Gasteiger partial charge is 0.0613 e. The Morgan fingerprint density at radius 3 is 2.60 bits per heavy atom. The molecule has 0 radical (unpaired) electrons. The fourth-order valence-electron chi connectivity index (χ4n) is 4.13. The van der Waals surface area contributed by atoms with Crippen molar-refractivity contribution in [3.63, 3.8) is 0 Å². The molecule has 4 unspecified atom stereocenters. The van der Waals surface area contributed by atoms with Crippen molar-refractivity contribution in [1.29, 1.82) is 0 Å². The van der Waals surface area contributed by atoms with Gasteiger partial charge in [0.1, 0.15) is 0 Å². The van der Waals surface area contributed by atoms with E-state index in [1.165, 1.54) is 38.5 Å². The van der Waals surface area contributed by atoms with Gasteiger partial charge in [-0.15, -0.1) is 0 Å². The van der Waals surface area contributed by atoms with Gasteiger partial charge in [0.15, 0.2) is 0 Å². The van der Waals surface area contributed by atoms with Crippen molar-refractivity contribution in [1.82, 2.24) is 5.32 Å². The zero-order chi connectivity index (χ0) is 14.6. The second-order valence-electron chi connectivity index (χ2n) is 7.49. The fraction of sp³-hybridized carbons (Fsp3) is 1.00. The van der Waals surface area contributed by atoms with Gasteiger partial charge in [0.05, 0.1) is 6.61 Å². The molecule has 2 fully saturated rings. The van der Waals surface area contributed by atoms with Crippen LogP contribution < -0.4 is 5.32 Å². The van der Waals surface area contributed by atoms with E-state index in [0.29, 0.717) is 12.6 Å². The van der Waals surface area contributed by atoms with Crippen LogP contribution >= 0.6 is 11.8 Å². The van der Waals surface area contributed by atoms with Gasteiger partial charge >= 0.3 is 0 Å². The molecule has 118 valence electrons. The Morgan fingerprint density at radius 2 is 1.95 bits per heavy atom. The van der Waals surface area contributed by atoms with Crippen LogP contribution in [0.25, 0.3) is 0 Å². The van der Waals surface area contributed by atoms with Crippen molar-refractivity contribution in [3.05, 3.63) is 0 Å². The molecule has 0 amide bonds. The molecule has 0 bridgehead atoms. The van der Waals surface area contributed by atoms with Crippen LogP contribution in [-0.4, -0.2) is 33.8 Å². The molecule has 2 rings (SSSR count). The van der Waals surface area contributed by atoms with Crippen LogP contribution in [0.15, 0.2) is 0 Å². The molecule has 2 aliphatic rings. The average molecular weight is 300 g/mol. The van der Waals surface area contributed by atoms with E-state index in [1.807, 2.05) is 0 Å². The highest BCUT2D eigenvalue weighted by Crippen LogP contribution is 2.41. The lowest BCUT2D eigenvalue weighted by molar-refractivity contribution is 0.115. The highest BCUT2D eigenvalue weighted by molar-refractivity contribution is 8.00. The number of rotatable bonds is 5. The van der Waals surface area contributed by atoms with Crippen LogP contribution in [0.4, 0.5) is 0 Å². The molecule has 2 N–H and O–H groups in total. The van der Waals surface area contributed by atoms with E-state index in [0.717, 1.165) is 29.3 Å². The molecule has 2 saturated carbocycles. The number of nitrogens with one attached hydrogen (secondary N) is 1. The Morgan fingerprint density at radius 1 is 1.20 bits per heavy atom. The Kier molecular flexibility index (Phi) is 6.25. The van der Waals surface area contributed by atoms with Gasteiger partial charge in [-0.3, -0.25) is 0 Å². The van der Waals surface area contributed by atoms with E-state index >= 15 is 0 Å². The van der Waals surface area contributed by atoms with E-state index in [9.17, 15) is 5.11 Å². The van der Waals surface area contributed by atoms with E-state index in [4.69, 9.17) is 0 Å². The van der Waals surface area contributed by atoms with Gasteiger partial charge in [-0.1, -0.05) is 40.0 Å². The first-order valence-corrected chi connectivity index (χ1v) is 9.51. The summed E-state index contributed by atoms with van der Waals surface area (Å²) >= 11 is 2.24. The molecule has 0 heterocycles. The lowest BCUT2D eigenvalue weighted by Gasteiger charge is -2.43. The lowest BCUT2D eigenvalue weighted by atomic mass is 9.81. The second-order valence-corrected chi connectivity index (χ2v) is 9.09. The summed E-state index contributed by atoms with van der Waals surface area (Å²) < 4.78 is 0. The van der Waals surface area contributed by atoms with Crippen molar-refractivity contribution in [2.45, 2.75) is 94.2 Å². The first-order chi connectivity index (χ1) is 9.53. The minimum absolute atomic E-state index is 0.00956. The number of hydrogen-bond donors (Lipinski definition) is 2. The number of hydrogen-bond acceptors (Lipinski definition) is 3. The van der Waals surface area contributed by atoms with Crippen LogP contribution in [0, 0.1) is 5.92 Å². The Balaban J connectivity index is 1.88. The molecule has 2 aliphatic carbocycles. The summed E-state index contributed by atoms with van der Waals surface area (Å²) in [5.41, 5.74) is -0.00956. The predicted molar refractivity (Wildman–Crippen MR) is 89.4 cm³/mol. The van der Waals surface area contributed by atoms with E-state index in [-0.39, 0.29) is 5.54 Å². The van der Waals surface area contributed by atoms with Crippen molar-refractivity contribution in [2.75, 3.05) is 6.61 Å². The Bertz CT molecular complexity index is 297. The van der Waals surface area contributed by atoms with E-state index in [1.54, 1.807) is 0 Å². The van der Waals surface area contributed by atoms with Crippen LogP contribution in [0.2, 0.25) is 0 Å². The maximum atomic E-state index is 9.88. The molecular formula is C17H33NOS. The Hall–Kier alpha value is 0.270. The SMILES string of the molecule is CC1CCCC(SC2CCCC(CO)(NC(C)C)C2)C1. The van der Waals surface area contributed by atoms with E-state index in [2.05, 4.69) is 37.8 Å². The zero-order valence-corrected chi connectivity index (χ0v) is 14.3. The third-order valence-corrected chi connectivity index (χ3v) is 6.57. The molecule has 0 aromatic heterocycles.